The predicted octanol–water partition coefficient (Wildman–Crippen LogP) is 1.15. The topological polar surface area (TPSA) is 88.4 Å². The SMILES string of the molecule is Cc1ccc(C(=O)N2CCN(C(=O)Cn3nnc4ccccc4c3=O)CC2)s1. The highest BCUT2D eigenvalue weighted by Gasteiger charge is 2.26. The van der Waals surface area contributed by atoms with Gasteiger partial charge in [0.1, 0.15) is 12.1 Å². The summed E-state index contributed by atoms with van der Waals surface area (Å²) in [5.41, 5.74) is 0.174. The molecule has 0 atom stereocenters. The third kappa shape index (κ3) is 3.53. The number of hydrogen-bond donors (Lipinski definition) is 0. The maximum Gasteiger partial charge on any atom is 0.278 e. The molecular formula is C19H19N5O3S. The Balaban J connectivity index is 1.40. The van der Waals surface area contributed by atoms with Crippen molar-refractivity contribution in [2.45, 2.75) is 13.5 Å². The van der Waals surface area contributed by atoms with E-state index in [0.29, 0.717) is 37.1 Å². The third-order valence-electron chi connectivity index (χ3n) is 4.79. The predicted molar refractivity (Wildman–Crippen MR) is 105 cm³/mol. The minimum atomic E-state index is -0.333. The molecule has 1 aliphatic heterocycles. The molecule has 3 heterocycles. The smallest absolute Gasteiger partial charge is 0.278 e. The Kier molecular flexibility index (Phi) is 4.91. The van der Waals surface area contributed by atoms with Gasteiger partial charge in [-0.15, -0.1) is 16.4 Å². The number of carbonyl (C=O) groups is 2. The fourth-order valence-electron chi connectivity index (χ4n) is 3.22. The van der Waals surface area contributed by atoms with Gasteiger partial charge in [0.25, 0.3) is 11.5 Å². The van der Waals surface area contributed by atoms with Crippen LogP contribution in [0.4, 0.5) is 0 Å². The van der Waals surface area contributed by atoms with Gasteiger partial charge >= 0.3 is 0 Å². The van der Waals surface area contributed by atoms with Crippen LogP contribution < -0.4 is 5.56 Å². The molecule has 4 rings (SSSR count). The fraction of sp³-hybridized carbons (Fsp3) is 0.316. The molecule has 2 aromatic heterocycles. The number of benzene rings is 1. The summed E-state index contributed by atoms with van der Waals surface area (Å²) in [4.78, 5) is 42.8. The largest absolute Gasteiger partial charge is 0.338 e. The average molecular weight is 397 g/mol. The highest BCUT2D eigenvalue weighted by atomic mass is 32.1. The molecule has 0 saturated carbocycles. The summed E-state index contributed by atoms with van der Waals surface area (Å²) in [6, 6.07) is 10.7. The first-order valence-corrected chi connectivity index (χ1v) is 9.80. The summed E-state index contributed by atoms with van der Waals surface area (Å²) in [6.07, 6.45) is 0. The second-order valence-corrected chi connectivity index (χ2v) is 7.94. The first kappa shape index (κ1) is 18.3. The monoisotopic (exact) mass is 397 g/mol. The molecule has 0 aliphatic carbocycles. The van der Waals surface area contributed by atoms with E-state index in [1.54, 1.807) is 34.1 Å². The van der Waals surface area contributed by atoms with Gasteiger partial charge in [0, 0.05) is 31.1 Å². The number of carbonyl (C=O) groups excluding carboxylic acids is 2. The molecule has 0 N–H and O–H groups in total. The molecule has 2 amide bonds. The molecule has 9 heteroatoms. The Hall–Kier alpha value is -3.07. The van der Waals surface area contributed by atoms with Crippen LogP contribution in [0.25, 0.3) is 10.9 Å². The molecule has 1 fully saturated rings. The van der Waals surface area contributed by atoms with Crippen LogP contribution in [-0.2, 0) is 11.3 Å². The number of rotatable bonds is 3. The van der Waals surface area contributed by atoms with Crippen LogP contribution in [0, 0.1) is 6.92 Å². The van der Waals surface area contributed by atoms with E-state index in [-0.39, 0.29) is 23.9 Å². The Labute approximate surface area is 165 Å². The second kappa shape index (κ2) is 7.51. The lowest BCUT2D eigenvalue weighted by molar-refractivity contribution is -0.133. The Morgan fingerprint density at radius 3 is 2.46 bits per heavy atom. The van der Waals surface area contributed by atoms with Gasteiger partial charge in [0.05, 0.1) is 10.3 Å². The standard InChI is InChI=1S/C19H19N5O3S/c1-13-6-7-16(28-13)19(27)23-10-8-22(9-11-23)17(25)12-24-18(26)14-4-2-3-5-15(14)20-21-24/h2-7H,8-12H2,1H3. The van der Waals surface area contributed by atoms with Crippen molar-refractivity contribution in [2.75, 3.05) is 26.2 Å². The number of fused-ring (bicyclic) bond motifs is 1. The minimum absolute atomic E-state index is 0.00168. The summed E-state index contributed by atoms with van der Waals surface area (Å²) in [5.74, 6) is -0.201. The minimum Gasteiger partial charge on any atom is -0.338 e. The molecule has 1 aromatic carbocycles. The van der Waals surface area contributed by atoms with Crippen molar-refractivity contribution >= 4 is 34.1 Å². The molecular weight excluding hydrogens is 378 g/mol. The summed E-state index contributed by atoms with van der Waals surface area (Å²) < 4.78 is 1.09. The summed E-state index contributed by atoms with van der Waals surface area (Å²) in [5, 5.41) is 8.31. The molecule has 0 spiro atoms. The van der Waals surface area contributed by atoms with E-state index in [9.17, 15) is 14.4 Å². The van der Waals surface area contributed by atoms with Crippen LogP contribution >= 0.6 is 11.3 Å². The Morgan fingerprint density at radius 1 is 1.04 bits per heavy atom. The number of amides is 2. The maximum atomic E-state index is 12.6. The van der Waals surface area contributed by atoms with Gasteiger partial charge in [0.2, 0.25) is 5.91 Å². The van der Waals surface area contributed by atoms with E-state index in [0.717, 1.165) is 14.4 Å². The van der Waals surface area contributed by atoms with Crippen molar-refractivity contribution in [3.8, 4) is 0 Å². The quantitative estimate of drug-likeness (QED) is 0.661. The Bertz CT molecular complexity index is 1100. The zero-order valence-electron chi connectivity index (χ0n) is 15.4. The number of aryl methyl sites for hydroxylation is 1. The van der Waals surface area contributed by atoms with E-state index >= 15 is 0 Å². The lowest BCUT2D eigenvalue weighted by Crippen LogP contribution is -2.51. The molecule has 1 aliphatic rings. The van der Waals surface area contributed by atoms with E-state index in [2.05, 4.69) is 10.3 Å². The zero-order chi connectivity index (χ0) is 19.7. The van der Waals surface area contributed by atoms with Crippen molar-refractivity contribution in [2.24, 2.45) is 0 Å². The summed E-state index contributed by atoms with van der Waals surface area (Å²) in [6.45, 7) is 3.62. The maximum absolute atomic E-state index is 12.6. The summed E-state index contributed by atoms with van der Waals surface area (Å²) in [7, 11) is 0. The van der Waals surface area contributed by atoms with Crippen molar-refractivity contribution in [3.05, 3.63) is 56.5 Å². The molecule has 144 valence electrons. The highest BCUT2D eigenvalue weighted by Crippen LogP contribution is 2.18. The number of hydrogen-bond acceptors (Lipinski definition) is 6. The van der Waals surface area contributed by atoms with E-state index in [4.69, 9.17) is 0 Å². The van der Waals surface area contributed by atoms with Gasteiger partial charge in [-0.3, -0.25) is 14.4 Å². The van der Waals surface area contributed by atoms with Crippen molar-refractivity contribution in [1.82, 2.24) is 24.8 Å². The number of aromatic nitrogens is 3. The van der Waals surface area contributed by atoms with Crippen LogP contribution in [0.5, 0.6) is 0 Å². The van der Waals surface area contributed by atoms with E-state index in [1.165, 1.54) is 11.3 Å². The van der Waals surface area contributed by atoms with Gasteiger partial charge < -0.3 is 9.80 Å². The van der Waals surface area contributed by atoms with Crippen LogP contribution in [0.15, 0.2) is 41.2 Å². The van der Waals surface area contributed by atoms with E-state index < -0.39 is 0 Å². The van der Waals surface area contributed by atoms with Gasteiger partial charge in [-0.1, -0.05) is 17.3 Å². The molecule has 3 aromatic rings. The number of nitrogens with zero attached hydrogens (tertiary/aromatic N) is 5. The number of piperazine rings is 1. The van der Waals surface area contributed by atoms with Gasteiger partial charge in [-0.05, 0) is 31.2 Å². The fourth-order valence-corrected chi connectivity index (χ4v) is 4.05. The van der Waals surface area contributed by atoms with Crippen molar-refractivity contribution < 1.29 is 9.59 Å². The first-order chi connectivity index (χ1) is 13.5. The van der Waals surface area contributed by atoms with Gasteiger partial charge in [0.15, 0.2) is 0 Å². The normalized spacial score (nSPS) is 14.5. The molecule has 1 saturated heterocycles. The molecule has 28 heavy (non-hydrogen) atoms. The molecule has 8 nitrogen and oxygen atoms in total. The van der Waals surface area contributed by atoms with Gasteiger partial charge in [-0.2, -0.15) is 0 Å². The van der Waals surface area contributed by atoms with Crippen LogP contribution in [0.1, 0.15) is 14.5 Å². The summed E-state index contributed by atoms with van der Waals surface area (Å²) >= 11 is 1.48. The third-order valence-corrected chi connectivity index (χ3v) is 5.77. The Morgan fingerprint density at radius 2 is 1.75 bits per heavy atom. The van der Waals surface area contributed by atoms with Gasteiger partial charge in [-0.25, -0.2) is 4.68 Å². The molecule has 0 bridgehead atoms. The average Bonchev–Trinajstić information content (AvgIpc) is 3.16. The molecule has 0 radical (unpaired) electrons. The van der Waals surface area contributed by atoms with Crippen LogP contribution in [-0.4, -0.2) is 62.8 Å². The number of thiophene rings is 1. The van der Waals surface area contributed by atoms with Crippen LogP contribution in [0.2, 0.25) is 0 Å². The first-order valence-electron chi connectivity index (χ1n) is 8.99. The van der Waals surface area contributed by atoms with E-state index in [1.807, 2.05) is 19.1 Å². The van der Waals surface area contributed by atoms with Crippen molar-refractivity contribution in [1.29, 1.82) is 0 Å². The molecule has 0 unspecified atom stereocenters. The van der Waals surface area contributed by atoms with Crippen LogP contribution in [0.3, 0.4) is 0 Å². The lowest BCUT2D eigenvalue weighted by atomic mass is 10.2. The lowest BCUT2D eigenvalue weighted by Gasteiger charge is -2.34. The zero-order valence-corrected chi connectivity index (χ0v) is 16.2. The van der Waals surface area contributed by atoms with Crippen molar-refractivity contribution in [3.63, 3.8) is 0 Å². The second-order valence-electron chi connectivity index (χ2n) is 6.65. The highest BCUT2D eigenvalue weighted by molar-refractivity contribution is 7.13.